The highest BCUT2D eigenvalue weighted by atomic mass is 79.9. The highest BCUT2D eigenvalue weighted by molar-refractivity contribution is 9.10. The van der Waals surface area contributed by atoms with Gasteiger partial charge in [0, 0.05) is 10.2 Å². The average molecular weight is 402 g/mol. The van der Waals surface area contributed by atoms with Gasteiger partial charge in [0.2, 0.25) is 5.91 Å². The lowest BCUT2D eigenvalue weighted by Crippen LogP contribution is -2.14. The summed E-state index contributed by atoms with van der Waals surface area (Å²) in [5.74, 6) is -0.0962. The van der Waals surface area contributed by atoms with Crippen LogP contribution < -0.4 is 11.1 Å². The second kappa shape index (κ2) is 7.82. The molecule has 0 aliphatic carbocycles. The SMILES string of the molecule is Cc1c(C#N)c(N)nc(SCC(=O)Nc2ccc(Br)cc2)c1C#N. The van der Waals surface area contributed by atoms with Crippen LogP contribution in [0.2, 0.25) is 0 Å². The highest BCUT2D eigenvalue weighted by Crippen LogP contribution is 2.27. The van der Waals surface area contributed by atoms with E-state index in [0.29, 0.717) is 16.3 Å². The molecule has 120 valence electrons. The number of hydrogen-bond acceptors (Lipinski definition) is 6. The molecule has 1 heterocycles. The Kier molecular flexibility index (Phi) is 5.80. The molecule has 24 heavy (non-hydrogen) atoms. The number of nitrogens with zero attached hydrogens (tertiary/aromatic N) is 3. The topological polar surface area (TPSA) is 116 Å². The Morgan fingerprint density at radius 3 is 2.50 bits per heavy atom. The van der Waals surface area contributed by atoms with Gasteiger partial charge in [-0.1, -0.05) is 27.7 Å². The first-order chi connectivity index (χ1) is 11.5. The van der Waals surface area contributed by atoms with Crippen molar-refractivity contribution in [2.24, 2.45) is 0 Å². The number of aromatic nitrogens is 1. The zero-order valence-corrected chi connectivity index (χ0v) is 15.0. The first-order valence-corrected chi connectivity index (χ1v) is 8.52. The summed E-state index contributed by atoms with van der Waals surface area (Å²) in [6, 6.07) is 11.1. The molecule has 0 saturated heterocycles. The molecule has 1 aromatic heterocycles. The van der Waals surface area contributed by atoms with Crippen molar-refractivity contribution < 1.29 is 4.79 Å². The van der Waals surface area contributed by atoms with Gasteiger partial charge in [0.05, 0.1) is 16.9 Å². The van der Waals surface area contributed by atoms with E-state index in [1.54, 1.807) is 19.1 Å². The summed E-state index contributed by atoms with van der Waals surface area (Å²) >= 11 is 4.43. The zero-order valence-electron chi connectivity index (χ0n) is 12.6. The normalized spacial score (nSPS) is 9.83. The third-order valence-electron chi connectivity index (χ3n) is 3.13. The molecule has 0 atom stereocenters. The number of amides is 1. The molecular weight excluding hydrogens is 390 g/mol. The van der Waals surface area contributed by atoms with Crippen LogP contribution in [0.4, 0.5) is 11.5 Å². The van der Waals surface area contributed by atoms with Crippen molar-refractivity contribution in [3.8, 4) is 12.1 Å². The summed E-state index contributed by atoms with van der Waals surface area (Å²) < 4.78 is 0.918. The van der Waals surface area contributed by atoms with Crippen LogP contribution in [0.15, 0.2) is 33.8 Å². The van der Waals surface area contributed by atoms with Gasteiger partial charge >= 0.3 is 0 Å². The van der Waals surface area contributed by atoms with E-state index in [1.807, 2.05) is 24.3 Å². The molecule has 6 nitrogen and oxygen atoms in total. The van der Waals surface area contributed by atoms with Gasteiger partial charge in [-0.3, -0.25) is 4.79 Å². The largest absolute Gasteiger partial charge is 0.383 e. The highest BCUT2D eigenvalue weighted by Gasteiger charge is 2.16. The lowest BCUT2D eigenvalue weighted by atomic mass is 10.1. The van der Waals surface area contributed by atoms with Gasteiger partial charge in [0.1, 0.15) is 23.0 Å². The smallest absolute Gasteiger partial charge is 0.234 e. The number of benzene rings is 1. The fourth-order valence-electron chi connectivity index (χ4n) is 1.94. The Hall–Kier alpha value is -2.55. The van der Waals surface area contributed by atoms with Crippen LogP contribution in [-0.2, 0) is 4.79 Å². The predicted molar refractivity (Wildman–Crippen MR) is 96.3 cm³/mol. The van der Waals surface area contributed by atoms with E-state index < -0.39 is 0 Å². The standard InChI is InChI=1S/C16H12BrN5OS/c1-9-12(6-18)15(20)22-16(13(9)7-19)24-8-14(23)21-11-4-2-10(17)3-5-11/h2-5H,8H2,1H3,(H2,20,22)(H,21,23). The van der Waals surface area contributed by atoms with Crippen LogP contribution in [0.5, 0.6) is 0 Å². The first kappa shape index (κ1) is 17.8. The molecule has 1 aromatic carbocycles. The number of anilines is 2. The molecular formula is C16H12BrN5OS. The van der Waals surface area contributed by atoms with Crippen molar-refractivity contribution in [2.75, 3.05) is 16.8 Å². The number of thioether (sulfide) groups is 1. The van der Waals surface area contributed by atoms with E-state index in [1.165, 1.54) is 0 Å². The van der Waals surface area contributed by atoms with Crippen molar-refractivity contribution in [1.82, 2.24) is 4.98 Å². The lowest BCUT2D eigenvalue weighted by molar-refractivity contribution is -0.113. The van der Waals surface area contributed by atoms with Gasteiger partial charge < -0.3 is 11.1 Å². The Bertz CT molecular complexity index is 868. The maximum atomic E-state index is 12.0. The average Bonchev–Trinajstić information content (AvgIpc) is 2.55. The van der Waals surface area contributed by atoms with Crippen LogP contribution in [-0.4, -0.2) is 16.6 Å². The monoisotopic (exact) mass is 401 g/mol. The van der Waals surface area contributed by atoms with Crippen molar-refractivity contribution >= 4 is 45.1 Å². The Morgan fingerprint density at radius 1 is 1.29 bits per heavy atom. The molecule has 0 saturated carbocycles. The van der Waals surface area contributed by atoms with Crippen molar-refractivity contribution in [3.63, 3.8) is 0 Å². The molecule has 0 radical (unpaired) electrons. The minimum absolute atomic E-state index is 0.0600. The fraction of sp³-hybridized carbons (Fsp3) is 0.125. The third-order valence-corrected chi connectivity index (χ3v) is 4.64. The second-order valence-corrected chi connectivity index (χ2v) is 6.62. The molecule has 8 heteroatoms. The third kappa shape index (κ3) is 4.05. The number of carbonyl (C=O) groups is 1. The Balaban J connectivity index is 2.12. The van der Waals surface area contributed by atoms with Crippen molar-refractivity contribution in [2.45, 2.75) is 11.9 Å². The molecule has 2 aromatic rings. The molecule has 0 aliphatic rings. The van der Waals surface area contributed by atoms with Gasteiger partial charge in [-0.15, -0.1) is 0 Å². The number of nitrogens with one attached hydrogen (secondary N) is 1. The maximum absolute atomic E-state index is 12.0. The summed E-state index contributed by atoms with van der Waals surface area (Å²) in [7, 11) is 0. The predicted octanol–water partition coefficient (Wildman–Crippen LogP) is 3.21. The first-order valence-electron chi connectivity index (χ1n) is 6.74. The molecule has 0 bridgehead atoms. The van der Waals surface area contributed by atoms with Crippen molar-refractivity contribution in [1.29, 1.82) is 10.5 Å². The second-order valence-electron chi connectivity index (χ2n) is 4.74. The van der Waals surface area contributed by atoms with Crippen LogP contribution >= 0.6 is 27.7 Å². The van der Waals surface area contributed by atoms with Gasteiger partial charge in [-0.2, -0.15) is 10.5 Å². The number of nitrogens with two attached hydrogens (primary N) is 1. The molecule has 1 amide bonds. The lowest BCUT2D eigenvalue weighted by Gasteiger charge is -2.09. The molecule has 0 spiro atoms. The number of nitriles is 2. The summed E-state index contributed by atoms with van der Waals surface area (Å²) in [5.41, 5.74) is 7.34. The van der Waals surface area contributed by atoms with Crippen LogP contribution in [0, 0.1) is 29.6 Å². The van der Waals surface area contributed by atoms with E-state index in [2.05, 4.69) is 26.2 Å². The van der Waals surface area contributed by atoms with Gasteiger partial charge in [-0.05, 0) is 36.8 Å². The van der Waals surface area contributed by atoms with E-state index in [-0.39, 0.29) is 28.6 Å². The van der Waals surface area contributed by atoms with E-state index >= 15 is 0 Å². The Morgan fingerprint density at radius 2 is 1.92 bits per heavy atom. The summed E-state index contributed by atoms with van der Waals surface area (Å²) in [5, 5.41) is 21.4. The molecule has 0 unspecified atom stereocenters. The molecule has 0 fully saturated rings. The number of halogens is 1. The number of carbonyl (C=O) groups excluding carboxylic acids is 1. The van der Waals surface area contributed by atoms with E-state index in [4.69, 9.17) is 11.0 Å². The molecule has 2 rings (SSSR count). The minimum atomic E-state index is -0.228. The summed E-state index contributed by atoms with van der Waals surface area (Å²) in [6.07, 6.45) is 0. The van der Waals surface area contributed by atoms with Crippen molar-refractivity contribution in [3.05, 3.63) is 45.4 Å². The van der Waals surface area contributed by atoms with Gasteiger partial charge in [0.25, 0.3) is 0 Å². The zero-order chi connectivity index (χ0) is 17.7. The fourth-order valence-corrected chi connectivity index (χ4v) is 3.05. The number of hydrogen-bond donors (Lipinski definition) is 2. The summed E-state index contributed by atoms with van der Waals surface area (Å²) in [4.78, 5) is 16.1. The van der Waals surface area contributed by atoms with E-state index in [0.717, 1.165) is 16.2 Å². The van der Waals surface area contributed by atoms with Crippen LogP contribution in [0.1, 0.15) is 16.7 Å². The van der Waals surface area contributed by atoms with Crippen LogP contribution in [0.3, 0.4) is 0 Å². The quantitative estimate of drug-likeness (QED) is 0.759. The maximum Gasteiger partial charge on any atom is 0.234 e. The molecule has 0 aliphatic heterocycles. The van der Waals surface area contributed by atoms with Gasteiger partial charge in [0.15, 0.2) is 0 Å². The summed E-state index contributed by atoms with van der Waals surface area (Å²) in [6.45, 7) is 1.64. The number of rotatable bonds is 4. The van der Waals surface area contributed by atoms with Gasteiger partial charge in [-0.25, -0.2) is 4.98 Å². The minimum Gasteiger partial charge on any atom is -0.383 e. The Labute approximate surface area is 151 Å². The number of pyridine rings is 1. The van der Waals surface area contributed by atoms with E-state index in [9.17, 15) is 10.1 Å². The molecule has 3 N–H and O–H groups in total. The van der Waals surface area contributed by atoms with Crippen LogP contribution in [0.25, 0.3) is 0 Å². The number of nitrogen functional groups attached to an aromatic ring is 1.